The van der Waals surface area contributed by atoms with Gasteiger partial charge in [0.05, 0.1) is 0 Å². The molecule has 1 saturated heterocycles. The van der Waals surface area contributed by atoms with Crippen LogP contribution >= 0.6 is 0 Å². The molecule has 2 heterocycles. The molecule has 0 saturated carbocycles. The maximum absolute atomic E-state index is 4.32. The van der Waals surface area contributed by atoms with Crippen molar-refractivity contribution >= 4 is 11.6 Å². The average molecular weight is 206 g/mol. The van der Waals surface area contributed by atoms with E-state index in [1.165, 1.54) is 6.42 Å². The van der Waals surface area contributed by atoms with Crippen molar-refractivity contribution in [2.24, 2.45) is 0 Å². The van der Waals surface area contributed by atoms with E-state index in [-0.39, 0.29) is 0 Å². The molecule has 0 spiro atoms. The Morgan fingerprint density at radius 1 is 1.53 bits per heavy atom. The standard InChI is InChI=1S/C11H18N4/c1-4-14(3)10-7-11(13-8-12-10)15-6-5-9(15)2/h7-9H,4-6H2,1-3H3. The summed E-state index contributed by atoms with van der Waals surface area (Å²) in [6, 6.07) is 2.69. The van der Waals surface area contributed by atoms with E-state index < -0.39 is 0 Å². The van der Waals surface area contributed by atoms with Crippen molar-refractivity contribution in [3.05, 3.63) is 12.4 Å². The molecule has 0 amide bonds. The van der Waals surface area contributed by atoms with Crippen LogP contribution < -0.4 is 9.80 Å². The summed E-state index contributed by atoms with van der Waals surface area (Å²) in [6.45, 7) is 6.43. The summed E-state index contributed by atoms with van der Waals surface area (Å²) in [5.41, 5.74) is 0. The summed E-state index contributed by atoms with van der Waals surface area (Å²) in [5, 5.41) is 0. The predicted octanol–water partition coefficient (Wildman–Crippen LogP) is 1.53. The lowest BCUT2D eigenvalue weighted by atomic mass is 10.1. The van der Waals surface area contributed by atoms with Gasteiger partial charge in [-0.05, 0) is 20.3 Å². The molecule has 0 radical (unpaired) electrons. The highest BCUT2D eigenvalue weighted by Crippen LogP contribution is 2.25. The molecule has 0 aliphatic carbocycles. The smallest absolute Gasteiger partial charge is 0.134 e. The summed E-state index contributed by atoms with van der Waals surface area (Å²) in [7, 11) is 2.05. The molecule has 1 aliphatic rings. The normalized spacial score (nSPS) is 19.9. The molecule has 4 heteroatoms. The van der Waals surface area contributed by atoms with Crippen LogP contribution in [0.15, 0.2) is 12.4 Å². The van der Waals surface area contributed by atoms with Gasteiger partial charge in [-0.25, -0.2) is 9.97 Å². The van der Waals surface area contributed by atoms with Gasteiger partial charge < -0.3 is 9.80 Å². The topological polar surface area (TPSA) is 32.3 Å². The summed E-state index contributed by atoms with van der Waals surface area (Å²) >= 11 is 0. The van der Waals surface area contributed by atoms with Crippen LogP contribution in [0.1, 0.15) is 20.3 Å². The molecule has 0 N–H and O–H groups in total. The minimum Gasteiger partial charge on any atom is -0.360 e. The third-order valence-electron chi connectivity index (χ3n) is 3.12. The van der Waals surface area contributed by atoms with Crippen LogP contribution in [0.25, 0.3) is 0 Å². The number of nitrogens with zero attached hydrogens (tertiary/aromatic N) is 4. The zero-order chi connectivity index (χ0) is 10.8. The lowest BCUT2D eigenvalue weighted by Gasteiger charge is -2.39. The molecule has 1 aromatic heterocycles. The van der Waals surface area contributed by atoms with Gasteiger partial charge in [0.25, 0.3) is 0 Å². The van der Waals surface area contributed by atoms with Crippen molar-refractivity contribution in [2.45, 2.75) is 26.3 Å². The highest BCUT2D eigenvalue weighted by Gasteiger charge is 2.24. The largest absolute Gasteiger partial charge is 0.360 e. The molecule has 1 fully saturated rings. The molecule has 0 bridgehead atoms. The lowest BCUT2D eigenvalue weighted by molar-refractivity contribution is 0.476. The number of anilines is 2. The van der Waals surface area contributed by atoms with Crippen molar-refractivity contribution in [3.8, 4) is 0 Å². The fraction of sp³-hybridized carbons (Fsp3) is 0.636. The second kappa shape index (κ2) is 4.04. The molecule has 0 aromatic carbocycles. The Kier molecular flexibility index (Phi) is 2.75. The first-order valence-corrected chi connectivity index (χ1v) is 5.52. The Morgan fingerprint density at radius 2 is 2.33 bits per heavy atom. The summed E-state index contributed by atoms with van der Waals surface area (Å²) < 4.78 is 0. The first-order valence-electron chi connectivity index (χ1n) is 5.52. The van der Waals surface area contributed by atoms with E-state index in [0.717, 1.165) is 24.7 Å². The molecular weight excluding hydrogens is 188 g/mol. The zero-order valence-corrected chi connectivity index (χ0v) is 9.64. The lowest BCUT2D eigenvalue weighted by Crippen LogP contribution is -2.46. The third-order valence-corrected chi connectivity index (χ3v) is 3.12. The van der Waals surface area contributed by atoms with Crippen LogP contribution in [0.5, 0.6) is 0 Å². The van der Waals surface area contributed by atoms with Gasteiger partial charge in [0, 0.05) is 32.2 Å². The summed E-state index contributed by atoms with van der Waals surface area (Å²) in [4.78, 5) is 13.0. The molecule has 1 atom stereocenters. The van der Waals surface area contributed by atoms with Gasteiger partial charge in [-0.15, -0.1) is 0 Å². The van der Waals surface area contributed by atoms with E-state index in [2.05, 4.69) is 39.7 Å². The van der Waals surface area contributed by atoms with Crippen LogP contribution in [0.3, 0.4) is 0 Å². The van der Waals surface area contributed by atoms with Gasteiger partial charge in [0.15, 0.2) is 0 Å². The zero-order valence-electron chi connectivity index (χ0n) is 9.64. The molecule has 1 aliphatic heterocycles. The second-order valence-corrected chi connectivity index (χ2v) is 4.08. The van der Waals surface area contributed by atoms with Crippen LogP contribution in [-0.2, 0) is 0 Å². The van der Waals surface area contributed by atoms with Crippen LogP contribution in [0, 0.1) is 0 Å². The van der Waals surface area contributed by atoms with Gasteiger partial charge in [-0.1, -0.05) is 0 Å². The van der Waals surface area contributed by atoms with E-state index in [9.17, 15) is 0 Å². The van der Waals surface area contributed by atoms with Gasteiger partial charge in [-0.3, -0.25) is 0 Å². The van der Waals surface area contributed by atoms with Crippen molar-refractivity contribution in [2.75, 3.05) is 29.9 Å². The highest BCUT2D eigenvalue weighted by molar-refractivity contribution is 5.51. The van der Waals surface area contributed by atoms with E-state index in [4.69, 9.17) is 0 Å². The van der Waals surface area contributed by atoms with Gasteiger partial charge in [0.2, 0.25) is 0 Å². The van der Waals surface area contributed by atoms with Crippen LogP contribution in [-0.4, -0.2) is 36.1 Å². The monoisotopic (exact) mass is 206 g/mol. The van der Waals surface area contributed by atoms with Crippen LogP contribution in [0.2, 0.25) is 0 Å². The maximum atomic E-state index is 4.32. The van der Waals surface area contributed by atoms with Gasteiger partial charge in [0.1, 0.15) is 18.0 Å². The van der Waals surface area contributed by atoms with E-state index in [1.807, 2.05) is 7.05 Å². The minimum atomic E-state index is 0.625. The van der Waals surface area contributed by atoms with E-state index >= 15 is 0 Å². The number of aromatic nitrogens is 2. The Balaban J connectivity index is 2.18. The van der Waals surface area contributed by atoms with Crippen molar-refractivity contribution in [1.82, 2.24) is 9.97 Å². The third kappa shape index (κ3) is 1.89. The Morgan fingerprint density at radius 3 is 2.87 bits per heavy atom. The Hall–Kier alpha value is -1.32. The van der Waals surface area contributed by atoms with Gasteiger partial charge in [-0.2, -0.15) is 0 Å². The first kappa shape index (κ1) is 10.2. The molecule has 1 unspecified atom stereocenters. The summed E-state index contributed by atoms with van der Waals surface area (Å²) in [6.07, 6.45) is 2.92. The molecule has 2 rings (SSSR count). The van der Waals surface area contributed by atoms with Crippen LogP contribution in [0.4, 0.5) is 11.6 Å². The predicted molar refractivity (Wildman–Crippen MR) is 62.4 cm³/mol. The SMILES string of the molecule is CCN(C)c1cc(N2CCC2C)ncn1. The first-order chi connectivity index (χ1) is 7.22. The summed E-state index contributed by atoms with van der Waals surface area (Å²) in [5.74, 6) is 2.06. The molecule has 1 aromatic rings. The Labute approximate surface area is 90.9 Å². The highest BCUT2D eigenvalue weighted by atomic mass is 15.3. The molecule has 82 valence electrons. The Bertz CT molecular complexity index is 339. The van der Waals surface area contributed by atoms with E-state index in [0.29, 0.717) is 6.04 Å². The quantitative estimate of drug-likeness (QED) is 0.750. The maximum Gasteiger partial charge on any atom is 0.134 e. The van der Waals surface area contributed by atoms with Crippen molar-refractivity contribution < 1.29 is 0 Å². The fourth-order valence-corrected chi connectivity index (χ4v) is 1.72. The second-order valence-electron chi connectivity index (χ2n) is 4.08. The fourth-order valence-electron chi connectivity index (χ4n) is 1.72. The molecular formula is C11H18N4. The minimum absolute atomic E-state index is 0.625. The van der Waals surface area contributed by atoms with Crippen molar-refractivity contribution in [3.63, 3.8) is 0 Å². The van der Waals surface area contributed by atoms with Crippen molar-refractivity contribution in [1.29, 1.82) is 0 Å². The number of hydrogen-bond acceptors (Lipinski definition) is 4. The van der Waals surface area contributed by atoms with E-state index in [1.54, 1.807) is 6.33 Å². The number of hydrogen-bond donors (Lipinski definition) is 0. The average Bonchev–Trinajstić information content (AvgIpc) is 2.26. The van der Waals surface area contributed by atoms with Gasteiger partial charge >= 0.3 is 0 Å². The molecule has 15 heavy (non-hydrogen) atoms. The number of rotatable bonds is 3. The molecule has 4 nitrogen and oxygen atoms in total.